The van der Waals surface area contributed by atoms with E-state index in [0.29, 0.717) is 19.5 Å². The summed E-state index contributed by atoms with van der Waals surface area (Å²) in [7, 11) is -1.22. The second-order valence-corrected chi connectivity index (χ2v) is 8.74. The number of carbonyl (C=O) groups excluding carboxylic acids is 1. The van der Waals surface area contributed by atoms with Crippen molar-refractivity contribution in [1.82, 2.24) is 10.2 Å². The van der Waals surface area contributed by atoms with Crippen molar-refractivity contribution in [3.05, 3.63) is 0 Å². The van der Waals surface area contributed by atoms with Crippen molar-refractivity contribution in [3.8, 4) is 0 Å². The van der Waals surface area contributed by atoms with Gasteiger partial charge in [0, 0.05) is 24.6 Å². The maximum atomic E-state index is 12.3. The monoisotopic (exact) mass is 306 g/mol. The van der Waals surface area contributed by atoms with E-state index in [2.05, 4.69) is 5.32 Å². The van der Waals surface area contributed by atoms with Crippen molar-refractivity contribution < 1.29 is 13.2 Å². The van der Waals surface area contributed by atoms with E-state index in [9.17, 15) is 13.2 Å². The Balaban J connectivity index is 2.05. The fraction of sp³-hybridized carbons (Fsp3) is 0.917. The van der Waals surface area contributed by atoms with Crippen LogP contribution < -0.4 is 5.32 Å². The van der Waals surface area contributed by atoms with Gasteiger partial charge in [0.1, 0.15) is 0 Å². The van der Waals surface area contributed by atoms with E-state index in [1.165, 1.54) is 0 Å². The largest absolute Gasteiger partial charge is 0.339 e. The average Bonchev–Trinajstić information content (AvgIpc) is 2.54. The minimum atomic E-state index is -3.00. The van der Waals surface area contributed by atoms with Gasteiger partial charge >= 0.3 is 0 Å². The van der Waals surface area contributed by atoms with Crippen molar-refractivity contribution >= 4 is 27.5 Å². The predicted molar refractivity (Wildman–Crippen MR) is 78.2 cm³/mol. The van der Waals surface area contributed by atoms with Crippen molar-refractivity contribution in [2.24, 2.45) is 0 Å². The molecule has 2 fully saturated rings. The average molecular weight is 306 g/mol. The summed E-state index contributed by atoms with van der Waals surface area (Å²) >= 11 is 1.74. The Hall–Kier alpha value is -0.270. The van der Waals surface area contributed by atoms with Crippen LogP contribution in [0.1, 0.15) is 19.3 Å². The Bertz CT molecular complexity index is 425. The summed E-state index contributed by atoms with van der Waals surface area (Å²) in [6, 6.07) is -0.182. The van der Waals surface area contributed by atoms with Gasteiger partial charge in [0.25, 0.3) is 0 Å². The summed E-state index contributed by atoms with van der Waals surface area (Å²) in [4.78, 5) is 14.1. The molecule has 2 saturated heterocycles. The van der Waals surface area contributed by atoms with Gasteiger partial charge < -0.3 is 10.2 Å². The molecule has 110 valence electrons. The topological polar surface area (TPSA) is 66.5 Å². The van der Waals surface area contributed by atoms with Gasteiger partial charge in [-0.15, -0.1) is 0 Å². The van der Waals surface area contributed by atoms with Gasteiger partial charge in [0.05, 0.1) is 17.0 Å². The first-order valence-corrected chi connectivity index (χ1v) is 9.67. The maximum absolute atomic E-state index is 12.3. The van der Waals surface area contributed by atoms with Gasteiger partial charge in [-0.3, -0.25) is 4.79 Å². The molecule has 5 nitrogen and oxygen atoms in total. The zero-order chi connectivity index (χ0) is 13.9. The molecule has 0 aromatic carbocycles. The standard InChI is InChI=1S/C12H22N2O3S2/c1-13-11-9-18-6-5-14(12(11)15)8-10-4-2-3-7-19(10,16)17/h10-11,13H,2-9H2,1H3. The third-order valence-electron chi connectivity index (χ3n) is 3.89. The molecule has 0 aliphatic carbocycles. The number of hydrogen-bond acceptors (Lipinski definition) is 5. The molecule has 0 spiro atoms. The SMILES string of the molecule is CNC1CSCCN(CC2CCCCS2(=O)=O)C1=O. The Labute approximate surface area is 119 Å². The van der Waals surface area contributed by atoms with Gasteiger partial charge in [-0.05, 0) is 19.9 Å². The first-order chi connectivity index (χ1) is 9.04. The highest BCUT2D eigenvalue weighted by molar-refractivity contribution is 7.99. The molecule has 2 atom stereocenters. The molecule has 7 heteroatoms. The summed E-state index contributed by atoms with van der Waals surface area (Å²) in [6.07, 6.45) is 2.42. The molecular weight excluding hydrogens is 284 g/mol. The van der Waals surface area contributed by atoms with Crippen LogP contribution in [0.2, 0.25) is 0 Å². The Morgan fingerprint density at radius 2 is 2.21 bits per heavy atom. The molecule has 2 heterocycles. The molecule has 0 bridgehead atoms. The van der Waals surface area contributed by atoms with Crippen molar-refractivity contribution in [3.63, 3.8) is 0 Å². The lowest BCUT2D eigenvalue weighted by Gasteiger charge is -2.30. The molecule has 2 aliphatic heterocycles. The minimum absolute atomic E-state index is 0.0493. The molecule has 0 aromatic rings. The summed E-state index contributed by atoms with van der Waals surface area (Å²) in [5.74, 6) is 1.98. The van der Waals surface area contributed by atoms with Crippen LogP contribution in [0.15, 0.2) is 0 Å². The molecule has 0 aromatic heterocycles. The molecule has 2 rings (SSSR count). The second kappa shape index (κ2) is 6.45. The summed E-state index contributed by atoms with van der Waals surface area (Å²) < 4.78 is 24.1. The van der Waals surface area contributed by atoms with Crippen LogP contribution in [-0.4, -0.2) is 67.9 Å². The van der Waals surface area contributed by atoms with E-state index in [1.54, 1.807) is 23.7 Å². The Morgan fingerprint density at radius 1 is 1.42 bits per heavy atom. The number of likely N-dealkylation sites (N-methyl/N-ethyl adjacent to an activating group) is 1. The number of carbonyl (C=O) groups is 1. The second-order valence-electron chi connectivity index (χ2n) is 5.19. The zero-order valence-corrected chi connectivity index (χ0v) is 12.9. The third kappa shape index (κ3) is 3.64. The lowest BCUT2D eigenvalue weighted by molar-refractivity contribution is -0.132. The highest BCUT2D eigenvalue weighted by Gasteiger charge is 2.34. The van der Waals surface area contributed by atoms with E-state index >= 15 is 0 Å². The van der Waals surface area contributed by atoms with Crippen LogP contribution in [0.25, 0.3) is 0 Å². The number of thioether (sulfide) groups is 1. The smallest absolute Gasteiger partial charge is 0.240 e. The molecule has 0 saturated carbocycles. The summed E-state index contributed by atoms with van der Waals surface area (Å²) in [5.41, 5.74) is 0. The Kier molecular flexibility index (Phi) is 5.14. The van der Waals surface area contributed by atoms with E-state index in [-0.39, 0.29) is 23.0 Å². The number of sulfone groups is 1. The van der Waals surface area contributed by atoms with Gasteiger partial charge in [0.2, 0.25) is 5.91 Å². The van der Waals surface area contributed by atoms with Crippen LogP contribution >= 0.6 is 11.8 Å². The molecule has 2 aliphatic rings. The van der Waals surface area contributed by atoms with E-state index in [4.69, 9.17) is 0 Å². The minimum Gasteiger partial charge on any atom is -0.339 e. The quantitative estimate of drug-likeness (QED) is 0.802. The number of nitrogens with one attached hydrogen (secondary N) is 1. The first-order valence-electron chi connectivity index (χ1n) is 6.80. The highest BCUT2D eigenvalue weighted by Crippen LogP contribution is 2.22. The number of amides is 1. The predicted octanol–water partition coefficient (Wildman–Crippen LogP) is 0.117. The molecular formula is C12H22N2O3S2. The van der Waals surface area contributed by atoms with Crippen molar-refractivity contribution in [2.45, 2.75) is 30.6 Å². The van der Waals surface area contributed by atoms with Gasteiger partial charge in [-0.25, -0.2) is 8.42 Å². The molecule has 19 heavy (non-hydrogen) atoms. The van der Waals surface area contributed by atoms with E-state index in [1.807, 2.05) is 0 Å². The molecule has 1 N–H and O–H groups in total. The fourth-order valence-electron chi connectivity index (χ4n) is 2.64. The van der Waals surface area contributed by atoms with E-state index in [0.717, 1.165) is 24.3 Å². The van der Waals surface area contributed by atoms with Gasteiger partial charge in [-0.2, -0.15) is 11.8 Å². The van der Waals surface area contributed by atoms with Crippen LogP contribution in [0.4, 0.5) is 0 Å². The summed E-state index contributed by atoms with van der Waals surface area (Å²) in [5, 5.41) is 2.66. The normalized spacial score (nSPS) is 32.1. The first kappa shape index (κ1) is 15.1. The number of nitrogens with zero attached hydrogens (tertiary/aromatic N) is 1. The fourth-order valence-corrected chi connectivity index (χ4v) is 5.57. The van der Waals surface area contributed by atoms with Crippen LogP contribution in [0.5, 0.6) is 0 Å². The van der Waals surface area contributed by atoms with Gasteiger partial charge in [-0.1, -0.05) is 6.42 Å². The third-order valence-corrected chi connectivity index (χ3v) is 7.18. The van der Waals surface area contributed by atoms with E-state index < -0.39 is 9.84 Å². The van der Waals surface area contributed by atoms with Crippen LogP contribution in [0, 0.1) is 0 Å². The Morgan fingerprint density at radius 3 is 2.89 bits per heavy atom. The molecule has 2 unspecified atom stereocenters. The van der Waals surface area contributed by atoms with Crippen LogP contribution in [0.3, 0.4) is 0 Å². The number of hydrogen-bond donors (Lipinski definition) is 1. The zero-order valence-electron chi connectivity index (χ0n) is 11.3. The van der Waals surface area contributed by atoms with Gasteiger partial charge in [0.15, 0.2) is 9.84 Å². The maximum Gasteiger partial charge on any atom is 0.240 e. The molecule has 0 radical (unpaired) electrons. The lowest BCUT2D eigenvalue weighted by atomic mass is 10.1. The van der Waals surface area contributed by atoms with Crippen molar-refractivity contribution in [1.29, 1.82) is 0 Å². The summed E-state index contributed by atoms with van der Waals surface area (Å²) in [6.45, 7) is 1.04. The molecule has 1 amide bonds. The van der Waals surface area contributed by atoms with Crippen molar-refractivity contribution in [2.75, 3.05) is 37.4 Å². The lowest BCUT2D eigenvalue weighted by Crippen LogP contribution is -2.49. The van der Waals surface area contributed by atoms with Crippen LogP contribution in [-0.2, 0) is 14.6 Å². The number of rotatable bonds is 3. The highest BCUT2D eigenvalue weighted by atomic mass is 32.2.